The Balaban J connectivity index is 3.12. The van der Waals surface area contributed by atoms with Gasteiger partial charge in [-0.15, -0.1) is 0 Å². The zero-order valence-electron chi connectivity index (χ0n) is 11.4. The van der Waals surface area contributed by atoms with E-state index < -0.39 is 34.4 Å². The van der Waals surface area contributed by atoms with Gasteiger partial charge in [0, 0.05) is 6.07 Å². The predicted octanol–water partition coefficient (Wildman–Crippen LogP) is 3.23. The van der Waals surface area contributed by atoms with E-state index in [1.165, 1.54) is 11.8 Å². The van der Waals surface area contributed by atoms with Gasteiger partial charge in [0.25, 0.3) is 5.69 Å². The molecule has 0 saturated carbocycles. The van der Waals surface area contributed by atoms with Crippen LogP contribution < -0.4 is 5.32 Å². The van der Waals surface area contributed by atoms with E-state index in [0.29, 0.717) is 17.9 Å². The fourth-order valence-electron chi connectivity index (χ4n) is 1.66. The molecule has 122 valence electrons. The zero-order chi connectivity index (χ0) is 16.9. The third-order valence-electron chi connectivity index (χ3n) is 2.76. The minimum absolute atomic E-state index is 0.175. The number of carboxylic acid groups (broad SMARTS) is 1. The van der Waals surface area contributed by atoms with Gasteiger partial charge >= 0.3 is 12.1 Å². The number of rotatable bonds is 7. The molecule has 1 atom stereocenters. The summed E-state index contributed by atoms with van der Waals surface area (Å²) in [5.41, 5.74) is -2.24. The van der Waals surface area contributed by atoms with Crippen molar-refractivity contribution in [2.24, 2.45) is 0 Å². The van der Waals surface area contributed by atoms with Gasteiger partial charge in [0.15, 0.2) is 0 Å². The summed E-state index contributed by atoms with van der Waals surface area (Å²) in [7, 11) is 0. The molecule has 0 aliphatic heterocycles. The van der Waals surface area contributed by atoms with Crippen molar-refractivity contribution in [2.45, 2.75) is 18.6 Å². The molecule has 0 radical (unpaired) electrons. The first kappa shape index (κ1) is 18.1. The Morgan fingerprint density at radius 2 is 2.14 bits per heavy atom. The average molecular weight is 338 g/mol. The van der Waals surface area contributed by atoms with Crippen LogP contribution in [0.5, 0.6) is 0 Å². The molecule has 0 fully saturated rings. The lowest BCUT2D eigenvalue weighted by Crippen LogP contribution is -2.30. The lowest BCUT2D eigenvalue weighted by atomic mass is 10.1. The van der Waals surface area contributed by atoms with E-state index >= 15 is 0 Å². The second-order valence-electron chi connectivity index (χ2n) is 4.30. The van der Waals surface area contributed by atoms with E-state index in [1.54, 1.807) is 6.26 Å². The Morgan fingerprint density at radius 1 is 1.50 bits per heavy atom. The third-order valence-corrected chi connectivity index (χ3v) is 3.40. The van der Waals surface area contributed by atoms with Gasteiger partial charge in [-0.1, -0.05) is 0 Å². The van der Waals surface area contributed by atoms with Crippen molar-refractivity contribution in [3.05, 3.63) is 33.9 Å². The van der Waals surface area contributed by atoms with Gasteiger partial charge in [0.2, 0.25) is 0 Å². The van der Waals surface area contributed by atoms with Crippen molar-refractivity contribution >= 4 is 29.1 Å². The number of halogens is 3. The van der Waals surface area contributed by atoms with Gasteiger partial charge in [-0.3, -0.25) is 10.1 Å². The molecule has 0 aromatic heterocycles. The minimum Gasteiger partial charge on any atom is -0.480 e. The number of alkyl halides is 3. The Labute approximate surface area is 127 Å². The number of hydrogen-bond acceptors (Lipinski definition) is 5. The maximum atomic E-state index is 12.6. The minimum atomic E-state index is -4.71. The van der Waals surface area contributed by atoms with E-state index in [2.05, 4.69) is 5.32 Å². The van der Waals surface area contributed by atoms with Crippen LogP contribution in [0.25, 0.3) is 0 Å². The number of nitro benzene ring substituents is 1. The van der Waals surface area contributed by atoms with E-state index in [0.717, 1.165) is 6.07 Å². The molecule has 0 bridgehead atoms. The van der Waals surface area contributed by atoms with Crippen LogP contribution in [0.4, 0.5) is 24.5 Å². The number of nitrogens with one attached hydrogen (secondary N) is 1. The van der Waals surface area contributed by atoms with Crippen LogP contribution in [-0.2, 0) is 11.0 Å². The van der Waals surface area contributed by atoms with E-state index in [-0.39, 0.29) is 12.1 Å². The van der Waals surface area contributed by atoms with E-state index in [1.807, 2.05) is 0 Å². The summed E-state index contributed by atoms with van der Waals surface area (Å²) in [5.74, 6) is -0.749. The topological polar surface area (TPSA) is 92.5 Å². The van der Waals surface area contributed by atoms with E-state index in [9.17, 15) is 28.1 Å². The highest BCUT2D eigenvalue weighted by molar-refractivity contribution is 7.98. The molecule has 1 aromatic carbocycles. The normalized spacial score (nSPS) is 12.7. The van der Waals surface area contributed by atoms with Crippen molar-refractivity contribution in [3.8, 4) is 0 Å². The Bertz CT molecular complexity index is 566. The maximum absolute atomic E-state index is 12.6. The average Bonchev–Trinajstić information content (AvgIpc) is 2.41. The first-order valence-corrected chi connectivity index (χ1v) is 7.40. The molecule has 0 aliphatic rings. The van der Waals surface area contributed by atoms with Crippen LogP contribution in [0.2, 0.25) is 0 Å². The monoisotopic (exact) mass is 338 g/mol. The molecule has 0 heterocycles. The number of nitrogens with zero attached hydrogens (tertiary/aromatic N) is 1. The highest BCUT2D eigenvalue weighted by Gasteiger charge is 2.33. The van der Waals surface area contributed by atoms with Crippen LogP contribution in [0.3, 0.4) is 0 Å². The number of benzene rings is 1. The fraction of sp³-hybridized carbons (Fsp3) is 0.417. The number of nitro groups is 1. The fourth-order valence-corrected chi connectivity index (χ4v) is 2.13. The maximum Gasteiger partial charge on any atom is 0.416 e. The largest absolute Gasteiger partial charge is 0.480 e. The number of carbonyl (C=O) groups is 1. The second kappa shape index (κ2) is 7.34. The van der Waals surface area contributed by atoms with Crippen LogP contribution in [-0.4, -0.2) is 34.0 Å². The van der Waals surface area contributed by atoms with Gasteiger partial charge in [0.05, 0.1) is 10.5 Å². The molecular weight excluding hydrogens is 325 g/mol. The number of hydrogen-bond donors (Lipinski definition) is 2. The smallest absolute Gasteiger partial charge is 0.416 e. The van der Waals surface area contributed by atoms with Crippen LogP contribution in [0.15, 0.2) is 18.2 Å². The van der Waals surface area contributed by atoms with Gasteiger partial charge in [0.1, 0.15) is 11.7 Å². The molecular formula is C12H13F3N2O4S. The first-order chi connectivity index (χ1) is 10.2. The highest BCUT2D eigenvalue weighted by atomic mass is 32.2. The summed E-state index contributed by atoms with van der Waals surface area (Å²) < 4.78 is 37.7. The lowest BCUT2D eigenvalue weighted by Gasteiger charge is -2.16. The Kier molecular flexibility index (Phi) is 6.03. The van der Waals surface area contributed by atoms with E-state index in [4.69, 9.17) is 5.11 Å². The zero-order valence-corrected chi connectivity index (χ0v) is 12.2. The van der Waals surface area contributed by atoms with Crippen molar-refractivity contribution in [1.29, 1.82) is 0 Å². The number of anilines is 1. The molecule has 1 aromatic rings. The number of thioether (sulfide) groups is 1. The van der Waals surface area contributed by atoms with Gasteiger partial charge < -0.3 is 10.4 Å². The Hall–Kier alpha value is -1.97. The molecule has 22 heavy (non-hydrogen) atoms. The third kappa shape index (κ3) is 4.79. The predicted molar refractivity (Wildman–Crippen MR) is 76.1 cm³/mol. The molecule has 0 amide bonds. The van der Waals surface area contributed by atoms with Crippen molar-refractivity contribution in [3.63, 3.8) is 0 Å². The first-order valence-electron chi connectivity index (χ1n) is 6.00. The van der Waals surface area contributed by atoms with Crippen molar-refractivity contribution in [1.82, 2.24) is 0 Å². The molecule has 0 spiro atoms. The SMILES string of the molecule is CSCC[C@H](Nc1ccc(C(F)(F)F)cc1[N+](=O)[O-])C(=O)O. The van der Waals surface area contributed by atoms with Gasteiger partial charge in [-0.2, -0.15) is 24.9 Å². The quantitative estimate of drug-likeness (QED) is 0.586. The summed E-state index contributed by atoms with van der Waals surface area (Å²) in [4.78, 5) is 21.0. The number of aliphatic carboxylic acids is 1. The molecule has 0 aliphatic carbocycles. The summed E-state index contributed by atoms with van der Waals surface area (Å²) in [6.45, 7) is 0. The second-order valence-corrected chi connectivity index (χ2v) is 5.29. The molecule has 0 unspecified atom stereocenters. The van der Waals surface area contributed by atoms with Crippen molar-refractivity contribution < 1.29 is 28.0 Å². The van der Waals surface area contributed by atoms with Gasteiger partial charge in [-0.05, 0) is 30.6 Å². The standard InChI is InChI=1S/C12H13F3N2O4S/c1-22-5-4-9(11(18)19)16-8-3-2-7(12(13,14)15)6-10(8)17(20)21/h2-3,6,9,16H,4-5H2,1H3,(H,18,19)/t9-/m0/s1. The van der Waals surface area contributed by atoms with Crippen molar-refractivity contribution in [2.75, 3.05) is 17.3 Å². The lowest BCUT2D eigenvalue weighted by molar-refractivity contribution is -0.384. The van der Waals surface area contributed by atoms with Gasteiger partial charge in [-0.25, -0.2) is 4.79 Å². The summed E-state index contributed by atoms with van der Waals surface area (Å²) >= 11 is 1.39. The van der Waals surface area contributed by atoms with Crippen LogP contribution in [0, 0.1) is 10.1 Å². The molecule has 0 saturated heterocycles. The molecule has 10 heteroatoms. The molecule has 2 N–H and O–H groups in total. The molecule has 6 nitrogen and oxygen atoms in total. The summed E-state index contributed by atoms with van der Waals surface area (Å²) in [6.07, 6.45) is -2.78. The molecule has 1 rings (SSSR count). The van der Waals surface area contributed by atoms with Crippen LogP contribution in [0.1, 0.15) is 12.0 Å². The summed E-state index contributed by atoms with van der Waals surface area (Å²) in [6, 6.07) is 0.803. The highest BCUT2D eigenvalue weighted by Crippen LogP contribution is 2.35. The Morgan fingerprint density at radius 3 is 2.59 bits per heavy atom. The van der Waals surface area contributed by atoms with Crippen LogP contribution >= 0.6 is 11.8 Å². The summed E-state index contributed by atoms with van der Waals surface area (Å²) in [5, 5.41) is 22.4. The number of carboxylic acids is 1.